The molecule has 0 spiro atoms. The molecule has 148 valence electrons. The molecule has 0 aliphatic rings. The summed E-state index contributed by atoms with van der Waals surface area (Å²) in [5, 5.41) is 8.27. The molecule has 1 aromatic carbocycles. The van der Waals surface area contributed by atoms with Crippen LogP contribution < -0.4 is 10.1 Å². The number of carbonyl (C=O) groups is 1. The van der Waals surface area contributed by atoms with Gasteiger partial charge >= 0.3 is 0 Å². The van der Waals surface area contributed by atoms with Gasteiger partial charge in [0.25, 0.3) is 5.91 Å². The van der Waals surface area contributed by atoms with E-state index in [-0.39, 0.29) is 17.9 Å². The Hall–Kier alpha value is -2.89. The van der Waals surface area contributed by atoms with Crippen LogP contribution >= 0.6 is 0 Å². The van der Waals surface area contributed by atoms with Crippen LogP contribution in [-0.4, -0.2) is 34.3 Å². The molecule has 0 saturated heterocycles. The highest BCUT2D eigenvalue weighted by atomic mass is 16.5. The molecule has 3 aromatic rings. The van der Waals surface area contributed by atoms with Crippen molar-refractivity contribution in [2.75, 3.05) is 13.7 Å². The molecule has 6 heteroatoms. The zero-order valence-electron chi connectivity index (χ0n) is 17.2. The molecule has 0 fully saturated rings. The lowest BCUT2D eigenvalue weighted by molar-refractivity contribution is 0.0955. The van der Waals surface area contributed by atoms with E-state index in [1.54, 1.807) is 13.3 Å². The average Bonchev–Trinajstić information content (AvgIpc) is 3.12. The lowest BCUT2D eigenvalue weighted by Gasteiger charge is -2.12. The summed E-state index contributed by atoms with van der Waals surface area (Å²) in [5.41, 5.74) is 3.45. The molecule has 0 unspecified atom stereocenters. The van der Waals surface area contributed by atoms with E-state index in [0.29, 0.717) is 12.1 Å². The fourth-order valence-corrected chi connectivity index (χ4v) is 3.11. The Bertz CT molecular complexity index is 959. The van der Waals surface area contributed by atoms with Crippen molar-refractivity contribution >= 4 is 16.9 Å². The van der Waals surface area contributed by atoms with Crippen LogP contribution in [0, 0.1) is 0 Å². The van der Waals surface area contributed by atoms with Crippen molar-refractivity contribution in [3.05, 3.63) is 53.3 Å². The van der Waals surface area contributed by atoms with Gasteiger partial charge in [-0.1, -0.05) is 26.0 Å². The minimum Gasteiger partial charge on any atom is -0.497 e. The van der Waals surface area contributed by atoms with Crippen LogP contribution in [0.2, 0.25) is 0 Å². The van der Waals surface area contributed by atoms with Crippen LogP contribution in [0.1, 0.15) is 61.3 Å². The van der Waals surface area contributed by atoms with Gasteiger partial charge in [0, 0.05) is 18.3 Å². The molecule has 1 amide bonds. The second kappa shape index (κ2) is 8.42. The van der Waals surface area contributed by atoms with Crippen LogP contribution in [0.25, 0.3) is 11.0 Å². The topological polar surface area (TPSA) is 69.0 Å². The first-order valence-electron chi connectivity index (χ1n) is 9.70. The van der Waals surface area contributed by atoms with Gasteiger partial charge in [-0.15, -0.1) is 0 Å². The minimum atomic E-state index is -0.0916. The smallest absolute Gasteiger partial charge is 0.252 e. The van der Waals surface area contributed by atoms with Crippen LogP contribution in [0.15, 0.2) is 36.5 Å². The zero-order chi connectivity index (χ0) is 20.3. The normalized spacial score (nSPS) is 11.4. The van der Waals surface area contributed by atoms with Crippen LogP contribution in [0.4, 0.5) is 0 Å². The van der Waals surface area contributed by atoms with Crippen LogP contribution in [-0.2, 0) is 6.42 Å². The molecule has 0 radical (unpaired) electrons. The largest absolute Gasteiger partial charge is 0.497 e. The quantitative estimate of drug-likeness (QED) is 0.669. The number of carbonyl (C=O) groups excluding carboxylic acids is 1. The van der Waals surface area contributed by atoms with Crippen LogP contribution in [0.3, 0.4) is 0 Å². The van der Waals surface area contributed by atoms with Crippen molar-refractivity contribution in [1.29, 1.82) is 0 Å². The molecule has 0 aliphatic heterocycles. The second-order valence-electron chi connectivity index (χ2n) is 7.52. The van der Waals surface area contributed by atoms with Crippen molar-refractivity contribution in [3.8, 4) is 5.75 Å². The number of nitrogens with zero attached hydrogens (tertiary/aromatic N) is 3. The summed E-state index contributed by atoms with van der Waals surface area (Å²) in [7, 11) is 1.65. The second-order valence-corrected chi connectivity index (χ2v) is 7.52. The molecule has 0 atom stereocenters. The van der Waals surface area contributed by atoms with E-state index in [1.165, 1.54) is 0 Å². The lowest BCUT2D eigenvalue weighted by Crippen LogP contribution is -2.26. The molecule has 1 N–H and O–H groups in total. The first-order valence-corrected chi connectivity index (χ1v) is 9.70. The molecule has 2 aromatic heterocycles. The van der Waals surface area contributed by atoms with E-state index in [1.807, 2.05) is 35.0 Å². The summed E-state index contributed by atoms with van der Waals surface area (Å²) in [6.07, 6.45) is 2.50. The number of amides is 1. The summed E-state index contributed by atoms with van der Waals surface area (Å²) in [4.78, 5) is 17.7. The molecule has 2 heterocycles. The summed E-state index contributed by atoms with van der Waals surface area (Å²) < 4.78 is 7.05. The first kappa shape index (κ1) is 19.9. The third-order valence-corrected chi connectivity index (χ3v) is 4.77. The minimum absolute atomic E-state index is 0.0916. The highest BCUT2D eigenvalue weighted by molar-refractivity contribution is 6.05. The third-order valence-electron chi connectivity index (χ3n) is 4.77. The number of hydrogen-bond acceptors (Lipinski definition) is 4. The van der Waals surface area contributed by atoms with Crippen LogP contribution in [0.5, 0.6) is 5.75 Å². The first-order chi connectivity index (χ1) is 13.4. The Morgan fingerprint density at radius 2 is 1.89 bits per heavy atom. The number of nitrogens with one attached hydrogen (secondary N) is 1. The number of rotatable bonds is 7. The highest BCUT2D eigenvalue weighted by Gasteiger charge is 2.18. The van der Waals surface area contributed by atoms with Crippen molar-refractivity contribution < 1.29 is 9.53 Å². The van der Waals surface area contributed by atoms with E-state index < -0.39 is 0 Å². The van der Waals surface area contributed by atoms with Gasteiger partial charge in [0.05, 0.1) is 24.3 Å². The number of ether oxygens (including phenoxy) is 1. The van der Waals surface area contributed by atoms with E-state index in [2.05, 4.69) is 38.1 Å². The van der Waals surface area contributed by atoms with Gasteiger partial charge in [-0.2, -0.15) is 5.10 Å². The van der Waals surface area contributed by atoms with Crippen molar-refractivity contribution in [1.82, 2.24) is 20.1 Å². The number of hydrogen-bond donors (Lipinski definition) is 1. The molecule has 6 nitrogen and oxygen atoms in total. The Labute approximate surface area is 165 Å². The summed E-state index contributed by atoms with van der Waals surface area (Å²) in [6, 6.07) is 9.95. The molecule has 3 rings (SSSR count). The molecule has 28 heavy (non-hydrogen) atoms. The Kier molecular flexibility index (Phi) is 5.97. The zero-order valence-corrected chi connectivity index (χ0v) is 17.2. The monoisotopic (exact) mass is 380 g/mol. The predicted octanol–water partition coefficient (Wildman–Crippen LogP) is 4.12. The number of aromatic nitrogens is 3. The van der Waals surface area contributed by atoms with Gasteiger partial charge in [-0.05, 0) is 49.9 Å². The van der Waals surface area contributed by atoms with Gasteiger partial charge in [-0.25, -0.2) is 9.67 Å². The van der Waals surface area contributed by atoms with Crippen molar-refractivity contribution in [2.24, 2.45) is 0 Å². The Balaban J connectivity index is 1.80. The third kappa shape index (κ3) is 4.16. The van der Waals surface area contributed by atoms with Gasteiger partial charge in [-0.3, -0.25) is 4.79 Å². The lowest BCUT2D eigenvalue weighted by atomic mass is 10.0. The molecule has 0 bridgehead atoms. The maximum atomic E-state index is 12.9. The number of benzene rings is 1. The fraction of sp³-hybridized carbons (Fsp3) is 0.409. The molecule has 0 aliphatic carbocycles. The summed E-state index contributed by atoms with van der Waals surface area (Å²) >= 11 is 0. The standard InChI is InChI=1S/C22H28N4O2/c1-14(2)20-12-18(19-13-24-26(15(3)4)21(19)25-20)22(27)23-11-10-16-6-8-17(28-5)9-7-16/h6-9,12-15H,10-11H2,1-5H3,(H,23,27). The summed E-state index contributed by atoms with van der Waals surface area (Å²) in [6.45, 7) is 8.84. The number of methoxy groups -OCH3 is 1. The summed E-state index contributed by atoms with van der Waals surface area (Å²) in [5.74, 6) is 0.965. The van der Waals surface area contributed by atoms with E-state index >= 15 is 0 Å². The van der Waals surface area contributed by atoms with Gasteiger partial charge in [0.2, 0.25) is 0 Å². The Morgan fingerprint density at radius 3 is 2.50 bits per heavy atom. The van der Waals surface area contributed by atoms with E-state index in [4.69, 9.17) is 9.72 Å². The highest BCUT2D eigenvalue weighted by Crippen LogP contribution is 2.24. The maximum Gasteiger partial charge on any atom is 0.252 e. The van der Waals surface area contributed by atoms with Gasteiger partial charge < -0.3 is 10.1 Å². The number of pyridine rings is 1. The van der Waals surface area contributed by atoms with E-state index in [9.17, 15) is 4.79 Å². The maximum absolute atomic E-state index is 12.9. The Morgan fingerprint density at radius 1 is 1.18 bits per heavy atom. The van der Waals surface area contributed by atoms with Gasteiger partial charge in [0.15, 0.2) is 5.65 Å². The predicted molar refractivity (Wildman–Crippen MR) is 111 cm³/mol. The van der Waals surface area contributed by atoms with Gasteiger partial charge in [0.1, 0.15) is 5.75 Å². The fourth-order valence-electron chi connectivity index (χ4n) is 3.11. The van der Waals surface area contributed by atoms with E-state index in [0.717, 1.165) is 34.5 Å². The average molecular weight is 380 g/mol. The van der Waals surface area contributed by atoms with Crippen molar-refractivity contribution in [2.45, 2.75) is 46.1 Å². The number of fused-ring (bicyclic) bond motifs is 1. The van der Waals surface area contributed by atoms with Crippen molar-refractivity contribution in [3.63, 3.8) is 0 Å². The molecule has 0 saturated carbocycles. The molecular formula is C22H28N4O2. The molecular weight excluding hydrogens is 352 g/mol. The SMILES string of the molecule is COc1ccc(CCNC(=O)c2cc(C(C)C)nc3c2cnn3C(C)C)cc1.